The molecule has 0 aliphatic heterocycles. The van der Waals surface area contributed by atoms with Gasteiger partial charge in [0.2, 0.25) is 0 Å². The summed E-state index contributed by atoms with van der Waals surface area (Å²) in [5.41, 5.74) is 0. The number of nitrogens with zero attached hydrogens (tertiary/aromatic N) is 1. The number of rotatable bonds is 1. The van der Waals surface area contributed by atoms with Crippen LogP contribution < -0.4 is 29.6 Å². The first kappa shape index (κ1) is 15.8. The molecule has 0 unspecified atom stereocenters. The van der Waals surface area contributed by atoms with Crippen molar-refractivity contribution in [2.45, 2.75) is 6.42 Å². The zero-order valence-electron chi connectivity index (χ0n) is 5.51. The standard InChI is InChI=1S/C3H3NO2.Na.H2Se.H/c4-2-1-3(5)6;;;/h1H2,(H,5,6);;1H2;/q;+1;;-1. The monoisotopic (exact) mass is 191 g/mol. The average Bonchev–Trinajstić information content (AvgIpc) is 1.35. The van der Waals surface area contributed by atoms with Gasteiger partial charge in [0.05, 0.1) is 6.07 Å². The first-order valence-corrected chi connectivity index (χ1v) is 1.36. The quantitative estimate of drug-likeness (QED) is 0.431. The van der Waals surface area contributed by atoms with Crippen LogP contribution >= 0.6 is 0 Å². The van der Waals surface area contributed by atoms with E-state index in [2.05, 4.69) is 0 Å². The van der Waals surface area contributed by atoms with Crippen molar-refractivity contribution in [2.24, 2.45) is 0 Å². The second kappa shape index (κ2) is 10.5. The Labute approximate surface area is 81.3 Å². The molecular weight excluding hydrogens is 184 g/mol. The van der Waals surface area contributed by atoms with E-state index in [1.165, 1.54) is 6.07 Å². The summed E-state index contributed by atoms with van der Waals surface area (Å²) in [6, 6.07) is 1.47. The van der Waals surface area contributed by atoms with Gasteiger partial charge in [-0.3, -0.25) is 4.79 Å². The molecule has 0 aliphatic rings. The molecule has 0 aromatic heterocycles. The molecule has 0 aliphatic carbocycles. The predicted octanol–water partition coefficient (Wildman–Crippen LogP) is -3.82. The number of aliphatic carboxylic acids is 1. The van der Waals surface area contributed by atoms with E-state index in [0.29, 0.717) is 0 Å². The van der Waals surface area contributed by atoms with Crippen molar-refractivity contribution in [3.63, 3.8) is 0 Å². The van der Waals surface area contributed by atoms with E-state index in [0.717, 1.165) is 0 Å². The van der Waals surface area contributed by atoms with E-state index in [1.807, 2.05) is 0 Å². The number of hydrogen-bond acceptors (Lipinski definition) is 2. The van der Waals surface area contributed by atoms with Crippen molar-refractivity contribution >= 4 is 23.0 Å². The van der Waals surface area contributed by atoms with Crippen LogP contribution in [0.3, 0.4) is 0 Å². The van der Waals surface area contributed by atoms with E-state index in [4.69, 9.17) is 10.4 Å². The number of nitriles is 1. The summed E-state index contributed by atoms with van der Waals surface area (Å²) in [5, 5.41) is 15.3. The number of carboxylic acid groups (broad SMARTS) is 1. The Kier molecular flexibility index (Phi) is 20.7. The molecule has 0 aromatic carbocycles. The van der Waals surface area contributed by atoms with Gasteiger partial charge in [0.1, 0.15) is 6.42 Å². The van der Waals surface area contributed by atoms with Gasteiger partial charge in [0, 0.05) is 0 Å². The van der Waals surface area contributed by atoms with Gasteiger partial charge >= 0.3 is 52.6 Å². The van der Waals surface area contributed by atoms with Crippen molar-refractivity contribution in [3.8, 4) is 6.07 Å². The van der Waals surface area contributed by atoms with E-state index in [9.17, 15) is 4.79 Å². The Bertz CT molecular complexity index is 104. The normalized spacial score (nSPS) is 4.88. The van der Waals surface area contributed by atoms with Crippen LogP contribution in [0.5, 0.6) is 0 Å². The first-order chi connectivity index (χ1) is 2.77. The third-order valence-corrected chi connectivity index (χ3v) is 0.230. The summed E-state index contributed by atoms with van der Waals surface area (Å²) in [4.78, 5) is 9.38. The van der Waals surface area contributed by atoms with Gasteiger partial charge < -0.3 is 6.53 Å². The fourth-order valence-corrected chi connectivity index (χ4v) is 0.0676. The second-order valence-corrected chi connectivity index (χ2v) is 0.729. The van der Waals surface area contributed by atoms with Gasteiger partial charge in [-0.1, -0.05) is 0 Å². The van der Waals surface area contributed by atoms with Gasteiger partial charge in [0.25, 0.3) is 0 Å². The van der Waals surface area contributed by atoms with E-state index in [-0.39, 0.29) is 48.1 Å². The Morgan fingerprint density at radius 1 is 1.88 bits per heavy atom. The molecule has 8 heavy (non-hydrogen) atoms. The van der Waals surface area contributed by atoms with Crippen molar-refractivity contribution < 1.29 is 40.9 Å². The second-order valence-electron chi connectivity index (χ2n) is 0.729. The Hall–Kier alpha value is 0.479. The van der Waals surface area contributed by atoms with Gasteiger partial charge in [-0.15, -0.1) is 0 Å². The fourth-order valence-electron chi connectivity index (χ4n) is 0.0676. The third-order valence-electron chi connectivity index (χ3n) is 0.230. The van der Waals surface area contributed by atoms with Crippen LogP contribution in [0.15, 0.2) is 0 Å². The van der Waals surface area contributed by atoms with Crippen molar-refractivity contribution in [3.05, 3.63) is 0 Å². The van der Waals surface area contributed by atoms with Crippen LogP contribution in [-0.2, 0) is 4.79 Å². The molecule has 42 valence electrons. The molecule has 0 radical (unpaired) electrons. The summed E-state index contributed by atoms with van der Waals surface area (Å²) < 4.78 is 0. The van der Waals surface area contributed by atoms with Crippen LogP contribution in [0.2, 0.25) is 0 Å². The Morgan fingerprint density at radius 2 is 2.25 bits per heavy atom. The molecule has 1 N–H and O–H groups in total. The molecule has 0 spiro atoms. The van der Waals surface area contributed by atoms with Crippen LogP contribution in [0.1, 0.15) is 7.85 Å². The maximum absolute atomic E-state index is 9.38. The number of hydrogen-bond donors (Lipinski definition) is 1. The van der Waals surface area contributed by atoms with Crippen LogP contribution in [-0.4, -0.2) is 28.1 Å². The molecular formula is C3H6NNaO2Se. The fraction of sp³-hybridized carbons (Fsp3) is 0.333. The molecule has 0 amide bonds. The summed E-state index contributed by atoms with van der Waals surface area (Å²) in [6.07, 6.45) is -0.403. The van der Waals surface area contributed by atoms with Crippen molar-refractivity contribution in [2.75, 3.05) is 0 Å². The van der Waals surface area contributed by atoms with Gasteiger partial charge in [-0.2, -0.15) is 5.26 Å². The van der Waals surface area contributed by atoms with E-state index in [1.54, 1.807) is 0 Å². The maximum atomic E-state index is 9.38. The molecule has 0 fully saturated rings. The summed E-state index contributed by atoms with van der Waals surface area (Å²) in [6.45, 7) is 0. The molecule has 0 saturated carbocycles. The Morgan fingerprint density at radius 3 is 2.25 bits per heavy atom. The minimum atomic E-state index is -1.07. The molecule has 0 bridgehead atoms. The van der Waals surface area contributed by atoms with Crippen LogP contribution in [0, 0.1) is 11.3 Å². The molecule has 0 heterocycles. The zero-order valence-corrected chi connectivity index (χ0v) is 8.61. The van der Waals surface area contributed by atoms with Gasteiger partial charge in [-0.25, -0.2) is 0 Å². The molecule has 0 rings (SSSR count). The summed E-state index contributed by atoms with van der Waals surface area (Å²) in [5.74, 6) is -1.07. The summed E-state index contributed by atoms with van der Waals surface area (Å²) in [7, 11) is 0. The first-order valence-electron chi connectivity index (χ1n) is 1.36. The van der Waals surface area contributed by atoms with Crippen LogP contribution in [0.25, 0.3) is 0 Å². The summed E-state index contributed by atoms with van der Waals surface area (Å²) >= 11 is 0. The molecule has 3 nitrogen and oxygen atoms in total. The van der Waals surface area contributed by atoms with Crippen molar-refractivity contribution in [1.82, 2.24) is 0 Å². The van der Waals surface area contributed by atoms with Crippen molar-refractivity contribution in [1.29, 1.82) is 5.26 Å². The number of carbonyl (C=O) groups is 1. The minimum absolute atomic E-state index is 0. The zero-order chi connectivity index (χ0) is 4.99. The van der Waals surface area contributed by atoms with E-state index < -0.39 is 12.4 Å². The molecule has 0 atom stereocenters. The predicted molar refractivity (Wildman–Crippen MR) is 27.5 cm³/mol. The number of carboxylic acids is 1. The SMILES string of the molecule is N#CCC(=O)O.[H-].[Na+].[SeH2]. The molecule has 0 saturated heterocycles. The van der Waals surface area contributed by atoms with Gasteiger partial charge in [-0.05, 0) is 0 Å². The van der Waals surface area contributed by atoms with Gasteiger partial charge in [0.15, 0.2) is 0 Å². The molecule has 0 aromatic rings. The van der Waals surface area contributed by atoms with E-state index >= 15 is 0 Å². The van der Waals surface area contributed by atoms with Crippen LogP contribution in [0.4, 0.5) is 0 Å². The average molecular weight is 190 g/mol. The molecule has 5 heteroatoms. The Balaban J connectivity index is -0.0000000417. The topological polar surface area (TPSA) is 61.1 Å². The third kappa shape index (κ3) is 16.1.